The van der Waals surface area contributed by atoms with E-state index in [1.54, 1.807) is 24.3 Å². The lowest BCUT2D eigenvalue weighted by Crippen LogP contribution is -1.96. The van der Waals surface area contributed by atoms with Crippen molar-refractivity contribution >= 4 is 17.6 Å². The normalized spacial score (nSPS) is 12.5. The van der Waals surface area contributed by atoms with Gasteiger partial charge in [-0.2, -0.15) is 0 Å². The van der Waals surface area contributed by atoms with Gasteiger partial charge in [-0.05, 0) is 35.9 Å². The fourth-order valence-corrected chi connectivity index (χ4v) is 2.17. The number of hydrogen-bond donors (Lipinski definition) is 1. The summed E-state index contributed by atoms with van der Waals surface area (Å²) in [6.07, 6.45) is 0. The fraction of sp³-hybridized carbons (Fsp3) is 0.0714. The van der Waals surface area contributed by atoms with Gasteiger partial charge in [-0.15, -0.1) is 0 Å². The van der Waals surface area contributed by atoms with Crippen LogP contribution in [0.2, 0.25) is 5.02 Å². The number of halogens is 1. The molecule has 1 heterocycles. The van der Waals surface area contributed by atoms with Gasteiger partial charge in [-0.1, -0.05) is 17.7 Å². The first-order valence-corrected chi connectivity index (χ1v) is 5.96. The molecular formula is C14H9ClO4. The lowest BCUT2D eigenvalue weighted by Gasteiger charge is -2.07. The Balaban J connectivity index is 2.11. The van der Waals surface area contributed by atoms with Crippen LogP contribution >= 0.6 is 11.6 Å². The van der Waals surface area contributed by atoms with Crippen LogP contribution in [0.25, 0.3) is 11.1 Å². The van der Waals surface area contributed by atoms with Crippen molar-refractivity contribution in [1.29, 1.82) is 0 Å². The van der Waals surface area contributed by atoms with E-state index >= 15 is 0 Å². The van der Waals surface area contributed by atoms with Gasteiger partial charge in [-0.25, -0.2) is 4.79 Å². The Morgan fingerprint density at radius 2 is 1.89 bits per heavy atom. The highest BCUT2D eigenvalue weighted by Gasteiger charge is 2.16. The van der Waals surface area contributed by atoms with Crippen LogP contribution in [-0.2, 0) is 0 Å². The minimum Gasteiger partial charge on any atom is -0.478 e. The van der Waals surface area contributed by atoms with Gasteiger partial charge in [0.05, 0.1) is 5.56 Å². The van der Waals surface area contributed by atoms with Gasteiger partial charge < -0.3 is 14.6 Å². The largest absolute Gasteiger partial charge is 0.478 e. The third-order valence-electron chi connectivity index (χ3n) is 2.90. The van der Waals surface area contributed by atoms with E-state index in [-0.39, 0.29) is 12.4 Å². The predicted octanol–water partition coefficient (Wildman–Crippen LogP) is 3.43. The summed E-state index contributed by atoms with van der Waals surface area (Å²) in [6.45, 7) is 0.196. The van der Waals surface area contributed by atoms with Crippen LogP contribution < -0.4 is 9.47 Å². The molecule has 1 aliphatic rings. The van der Waals surface area contributed by atoms with E-state index < -0.39 is 5.97 Å². The number of ether oxygens (including phenoxy) is 2. The van der Waals surface area contributed by atoms with Gasteiger partial charge in [-0.3, -0.25) is 0 Å². The number of fused-ring (bicyclic) bond motifs is 1. The summed E-state index contributed by atoms with van der Waals surface area (Å²) in [6, 6.07) is 9.98. The molecule has 0 atom stereocenters. The van der Waals surface area contributed by atoms with Crippen LogP contribution in [0.1, 0.15) is 10.4 Å². The summed E-state index contributed by atoms with van der Waals surface area (Å²) in [5.74, 6) is 0.321. The van der Waals surface area contributed by atoms with Crippen molar-refractivity contribution in [2.24, 2.45) is 0 Å². The third-order valence-corrected chi connectivity index (χ3v) is 3.23. The second-order valence-corrected chi connectivity index (χ2v) is 4.48. The molecular weight excluding hydrogens is 268 g/mol. The summed E-state index contributed by atoms with van der Waals surface area (Å²) in [7, 11) is 0. The molecule has 0 saturated heterocycles. The van der Waals surface area contributed by atoms with Crippen LogP contribution in [0.15, 0.2) is 36.4 Å². The maximum Gasteiger partial charge on any atom is 0.335 e. The fourth-order valence-electron chi connectivity index (χ4n) is 1.94. The van der Waals surface area contributed by atoms with Crippen molar-refractivity contribution in [1.82, 2.24) is 0 Å². The van der Waals surface area contributed by atoms with E-state index in [0.29, 0.717) is 22.1 Å². The molecule has 0 fully saturated rings. The highest BCUT2D eigenvalue weighted by molar-refractivity contribution is 6.33. The molecule has 4 nitrogen and oxygen atoms in total. The van der Waals surface area contributed by atoms with Crippen LogP contribution in [0.5, 0.6) is 11.5 Å². The number of carboxylic acids is 1. The molecule has 96 valence electrons. The number of hydrogen-bond acceptors (Lipinski definition) is 3. The molecule has 1 N–H and O–H groups in total. The Bertz CT molecular complexity index is 666. The van der Waals surface area contributed by atoms with Crippen molar-refractivity contribution in [3.8, 4) is 22.6 Å². The molecule has 19 heavy (non-hydrogen) atoms. The van der Waals surface area contributed by atoms with Crippen LogP contribution in [0.3, 0.4) is 0 Å². The van der Waals surface area contributed by atoms with Crippen LogP contribution in [-0.4, -0.2) is 17.9 Å². The quantitative estimate of drug-likeness (QED) is 0.913. The summed E-state index contributed by atoms with van der Waals surface area (Å²) in [5.41, 5.74) is 1.63. The van der Waals surface area contributed by atoms with Gasteiger partial charge in [0, 0.05) is 10.6 Å². The molecule has 0 aromatic heterocycles. The van der Waals surface area contributed by atoms with E-state index in [2.05, 4.69) is 0 Å². The SMILES string of the molecule is O=C(O)c1ccc(Cl)c(-c2ccc3c(c2)OCO3)c1. The number of carboxylic acid groups (broad SMARTS) is 1. The molecule has 5 heteroatoms. The Kier molecular flexibility index (Phi) is 2.80. The predicted molar refractivity (Wildman–Crippen MR) is 70.0 cm³/mol. The molecule has 0 amide bonds. The highest BCUT2D eigenvalue weighted by atomic mass is 35.5. The summed E-state index contributed by atoms with van der Waals surface area (Å²) < 4.78 is 10.5. The second kappa shape index (κ2) is 4.48. The van der Waals surface area contributed by atoms with E-state index in [1.165, 1.54) is 6.07 Å². The minimum absolute atomic E-state index is 0.192. The van der Waals surface area contributed by atoms with Gasteiger partial charge in [0.1, 0.15) is 0 Å². The first-order chi connectivity index (χ1) is 9.15. The lowest BCUT2D eigenvalue weighted by atomic mass is 10.0. The topological polar surface area (TPSA) is 55.8 Å². The van der Waals surface area contributed by atoms with Crippen LogP contribution in [0.4, 0.5) is 0 Å². The first-order valence-electron chi connectivity index (χ1n) is 5.58. The average molecular weight is 277 g/mol. The van der Waals surface area contributed by atoms with Gasteiger partial charge in [0.25, 0.3) is 0 Å². The molecule has 3 rings (SSSR count). The maximum atomic E-state index is 11.0. The zero-order chi connectivity index (χ0) is 13.4. The van der Waals surface area contributed by atoms with Crippen molar-refractivity contribution in [3.63, 3.8) is 0 Å². The maximum absolute atomic E-state index is 11.0. The highest BCUT2D eigenvalue weighted by Crippen LogP contribution is 2.38. The van der Waals surface area contributed by atoms with E-state index in [9.17, 15) is 4.79 Å². The molecule has 0 saturated carbocycles. The Hall–Kier alpha value is -2.20. The first kappa shape index (κ1) is 11.9. The van der Waals surface area contributed by atoms with Crippen molar-refractivity contribution in [3.05, 3.63) is 47.0 Å². The molecule has 0 radical (unpaired) electrons. The lowest BCUT2D eigenvalue weighted by molar-refractivity contribution is 0.0697. The van der Waals surface area contributed by atoms with Gasteiger partial charge in [0.15, 0.2) is 11.5 Å². The zero-order valence-corrected chi connectivity index (χ0v) is 10.5. The van der Waals surface area contributed by atoms with Crippen molar-refractivity contribution in [2.75, 3.05) is 6.79 Å². The molecule has 0 unspecified atom stereocenters. The van der Waals surface area contributed by atoms with E-state index in [4.69, 9.17) is 26.2 Å². The molecule has 1 aliphatic heterocycles. The monoisotopic (exact) mass is 276 g/mol. The minimum atomic E-state index is -0.987. The van der Waals surface area contributed by atoms with Gasteiger partial charge >= 0.3 is 5.97 Å². The Morgan fingerprint density at radius 3 is 2.68 bits per heavy atom. The van der Waals surface area contributed by atoms with E-state index in [0.717, 1.165) is 5.56 Å². The molecule has 0 bridgehead atoms. The summed E-state index contributed by atoms with van der Waals surface area (Å²) in [5, 5.41) is 9.50. The Labute approximate surface area is 114 Å². The molecule has 0 spiro atoms. The number of aromatic carboxylic acids is 1. The number of rotatable bonds is 2. The number of benzene rings is 2. The smallest absolute Gasteiger partial charge is 0.335 e. The van der Waals surface area contributed by atoms with Gasteiger partial charge in [0.2, 0.25) is 6.79 Å². The Morgan fingerprint density at radius 1 is 1.11 bits per heavy atom. The molecule has 2 aromatic rings. The van der Waals surface area contributed by atoms with Crippen molar-refractivity contribution in [2.45, 2.75) is 0 Å². The zero-order valence-electron chi connectivity index (χ0n) is 9.72. The van der Waals surface area contributed by atoms with Crippen molar-refractivity contribution < 1.29 is 19.4 Å². The summed E-state index contributed by atoms with van der Waals surface area (Å²) in [4.78, 5) is 11.0. The third kappa shape index (κ3) is 2.11. The number of carbonyl (C=O) groups is 1. The standard InChI is InChI=1S/C14H9ClO4/c15-11-3-1-9(14(16)17)5-10(11)8-2-4-12-13(6-8)19-7-18-12/h1-6H,7H2,(H,16,17). The second-order valence-electron chi connectivity index (χ2n) is 4.07. The average Bonchev–Trinajstić information content (AvgIpc) is 2.86. The summed E-state index contributed by atoms with van der Waals surface area (Å²) >= 11 is 6.12. The van der Waals surface area contributed by atoms with Crippen LogP contribution in [0, 0.1) is 0 Å². The molecule has 2 aromatic carbocycles. The van der Waals surface area contributed by atoms with E-state index in [1.807, 2.05) is 6.07 Å². The molecule has 0 aliphatic carbocycles.